The second kappa shape index (κ2) is 20.0. The maximum absolute atomic E-state index is 13.1. The summed E-state index contributed by atoms with van der Waals surface area (Å²) >= 11 is 0. The Balaban J connectivity index is 1.68. The summed E-state index contributed by atoms with van der Waals surface area (Å²) in [6.07, 6.45) is 5.38. The number of methoxy groups -OCH3 is 1. The molecular weight excluding hydrogens is 562 g/mol. The molecular formula is C35H49NO8. The maximum Gasteiger partial charge on any atom is 0.407 e. The Morgan fingerprint density at radius 3 is 1.84 bits per heavy atom. The van der Waals surface area contributed by atoms with Crippen LogP contribution in [0, 0.1) is 0 Å². The van der Waals surface area contributed by atoms with E-state index < -0.39 is 6.09 Å². The van der Waals surface area contributed by atoms with Crippen molar-refractivity contribution >= 4 is 17.7 Å². The molecule has 1 atom stereocenters. The van der Waals surface area contributed by atoms with Crippen LogP contribution in [0.15, 0.2) is 36.4 Å². The minimum absolute atomic E-state index is 0.0164. The highest BCUT2D eigenvalue weighted by Crippen LogP contribution is 2.47. The van der Waals surface area contributed by atoms with Gasteiger partial charge in [-0.1, -0.05) is 24.3 Å². The standard InChI is InChI=1S/C35H49NO8/c1-3-36-35(40)44-23-6-10-28-31-24-26(33(38)11-7-20-42-19-5-4-17-37)13-15-29(31)30-16-14-27(25-32(28)30)34(39)12-8-21-43-22-9-18-41-2/h13-16,24-25,28,37H,3-12,17-23H2,1-2H3,(H,36,40). The van der Waals surface area contributed by atoms with Crippen LogP contribution in [-0.4, -0.2) is 82.7 Å². The molecule has 1 aliphatic rings. The first-order chi connectivity index (χ1) is 21.5. The number of aliphatic hydroxyl groups is 1. The van der Waals surface area contributed by atoms with E-state index >= 15 is 0 Å². The predicted octanol–water partition coefficient (Wildman–Crippen LogP) is 6.09. The van der Waals surface area contributed by atoms with Crippen molar-refractivity contribution in [2.24, 2.45) is 0 Å². The van der Waals surface area contributed by atoms with Gasteiger partial charge in [-0.2, -0.15) is 0 Å². The number of rotatable bonds is 23. The van der Waals surface area contributed by atoms with Gasteiger partial charge in [0, 0.05) is 83.2 Å². The first kappa shape index (κ1) is 35.4. The molecule has 2 aromatic carbocycles. The zero-order valence-electron chi connectivity index (χ0n) is 26.4. The summed E-state index contributed by atoms with van der Waals surface area (Å²) in [5.74, 6) is 0.135. The van der Waals surface area contributed by atoms with Gasteiger partial charge >= 0.3 is 6.09 Å². The summed E-state index contributed by atoms with van der Waals surface area (Å²) in [7, 11) is 1.67. The van der Waals surface area contributed by atoms with Crippen molar-refractivity contribution in [3.63, 3.8) is 0 Å². The normalized spacial score (nSPS) is 13.4. The molecule has 44 heavy (non-hydrogen) atoms. The van der Waals surface area contributed by atoms with E-state index in [1.165, 1.54) is 0 Å². The predicted molar refractivity (Wildman–Crippen MR) is 170 cm³/mol. The molecule has 1 aliphatic carbocycles. The zero-order chi connectivity index (χ0) is 31.6. The molecule has 0 spiro atoms. The molecule has 0 heterocycles. The van der Waals surface area contributed by atoms with Gasteiger partial charge in [0.15, 0.2) is 11.6 Å². The lowest BCUT2D eigenvalue weighted by Gasteiger charge is -2.15. The maximum atomic E-state index is 13.1. The molecule has 0 aromatic heterocycles. The number of hydrogen-bond acceptors (Lipinski definition) is 8. The molecule has 1 unspecified atom stereocenters. The van der Waals surface area contributed by atoms with E-state index in [-0.39, 0.29) is 30.7 Å². The summed E-state index contributed by atoms with van der Waals surface area (Å²) in [6.45, 7) is 5.71. The van der Waals surface area contributed by atoms with Gasteiger partial charge < -0.3 is 29.4 Å². The molecule has 1 amide bonds. The smallest absolute Gasteiger partial charge is 0.407 e. The van der Waals surface area contributed by atoms with E-state index in [1.54, 1.807) is 7.11 Å². The Labute approximate surface area is 261 Å². The largest absolute Gasteiger partial charge is 0.450 e. The molecule has 0 aliphatic heterocycles. The van der Waals surface area contributed by atoms with E-state index in [0.717, 1.165) is 41.5 Å². The molecule has 0 fully saturated rings. The molecule has 242 valence electrons. The van der Waals surface area contributed by atoms with Crippen LogP contribution in [0.2, 0.25) is 0 Å². The number of ketones is 2. The van der Waals surface area contributed by atoms with Gasteiger partial charge in [-0.05, 0) is 86.3 Å². The van der Waals surface area contributed by atoms with Crippen LogP contribution in [0.25, 0.3) is 11.1 Å². The zero-order valence-corrected chi connectivity index (χ0v) is 26.4. The fourth-order valence-corrected chi connectivity index (χ4v) is 5.45. The Bertz CT molecular complexity index is 1120. The molecule has 0 saturated heterocycles. The van der Waals surface area contributed by atoms with Crippen molar-refractivity contribution in [1.29, 1.82) is 0 Å². The van der Waals surface area contributed by atoms with E-state index in [0.29, 0.717) is 89.2 Å². The fourth-order valence-electron chi connectivity index (χ4n) is 5.45. The lowest BCUT2D eigenvalue weighted by atomic mass is 9.89. The minimum atomic E-state index is -0.430. The van der Waals surface area contributed by atoms with E-state index in [2.05, 4.69) is 5.32 Å². The number of aliphatic hydroxyl groups excluding tert-OH is 1. The van der Waals surface area contributed by atoms with Crippen molar-refractivity contribution in [2.45, 2.75) is 70.6 Å². The Morgan fingerprint density at radius 2 is 1.30 bits per heavy atom. The van der Waals surface area contributed by atoms with Crippen molar-refractivity contribution < 1.29 is 38.4 Å². The number of benzene rings is 2. The summed E-state index contributed by atoms with van der Waals surface area (Å²) in [5, 5.41) is 11.5. The highest BCUT2D eigenvalue weighted by Gasteiger charge is 2.30. The van der Waals surface area contributed by atoms with Gasteiger partial charge in [0.05, 0.1) is 6.61 Å². The number of unbranched alkanes of at least 4 members (excludes halogenated alkanes) is 1. The molecule has 2 N–H and O–H groups in total. The Hall–Kier alpha value is -3.11. The van der Waals surface area contributed by atoms with Crippen LogP contribution >= 0.6 is 0 Å². The number of alkyl carbamates (subject to hydrolysis) is 1. The topological polar surface area (TPSA) is 120 Å². The second-order valence-electron chi connectivity index (χ2n) is 11.0. The van der Waals surface area contributed by atoms with Gasteiger partial charge in [-0.15, -0.1) is 0 Å². The third-order valence-corrected chi connectivity index (χ3v) is 7.70. The number of carbonyl (C=O) groups is 3. The van der Waals surface area contributed by atoms with Crippen LogP contribution < -0.4 is 5.32 Å². The molecule has 2 aromatic rings. The first-order valence-electron chi connectivity index (χ1n) is 16.0. The van der Waals surface area contributed by atoms with Gasteiger partial charge in [0.25, 0.3) is 0 Å². The molecule has 9 heteroatoms. The summed E-state index contributed by atoms with van der Waals surface area (Å²) in [5.41, 5.74) is 5.63. The Kier molecular flexibility index (Phi) is 16.1. The SMILES string of the molecule is CCNC(=O)OCCCC1c2cc(C(=O)CCCOCCCCO)ccc2-c2ccc(C(=O)CCCOCCCOC)cc21. The van der Waals surface area contributed by atoms with Gasteiger partial charge in [-0.25, -0.2) is 4.79 Å². The van der Waals surface area contributed by atoms with Crippen LogP contribution in [0.4, 0.5) is 4.79 Å². The number of Topliss-reactive ketones (excluding diaryl/α,β-unsaturated/α-hetero) is 2. The molecule has 9 nitrogen and oxygen atoms in total. The molecule has 3 rings (SSSR count). The summed E-state index contributed by atoms with van der Waals surface area (Å²) in [6, 6.07) is 11.8. The van der Waals surface area contributed by atoms with Crippen molar-refractivity contribution in [2.75, 3.05) is 59.9 Å². The van der Waals surface area contributed by atoms with Gasteiger partial charge in [0.1, 0.15) is 0 Å². The number of hydrogen-bond donors (Lipinski definition) is 2. The highest BCUT2D eigenvalue weighted by atomic mass is 16.5. The van der Waals surface area contributed by atoms with E-state index in [9.17, 15) is 14.4 Å². The highest BCUT2D eigenvalue weighted by molar-refractivity contribution is 5.99. The lowest BCUT2D eigenvalue weighted by Crippen LogP contribution is -2.24. The lowest BCUT2D eigenvalue weighted by molar-refractivity contribution is 0.0886. The fraction of sp³-hybridized carbons (Fsp3) is 0.571. The first-order valence-corrected chi connectivity index (χ1v) is 16.0. The minimum Gasteiger partial charge on any atom is -0.450 e. The molecule has 0 radical (unpaired) electrons. The number of fused-ring (bicyclic) bond motifs is 3. The van der Waals surface area contributed by atoms with Crippen molar-refractivity contribution in [1.82, 2.24) is 5.32 Å². The third-order valence-electron chi connectivity index (χ3n) is 7.70. The molecule has 0 saturated carbocycles. The van der Waals surface area contributed by atoms with Crippen LogP contribution in [-0.2, 0) is 18.9 Å². The average Bonchev–Trinajstić information content (AvgIpc) is 3.34. The van der Waals surface area contributed by atoms with Gasteiger partial charge in [-0.3, -0.25) is 9.59 Å². The van der Waals surface area contributed by atoms with Crippen molar-refractivity contribution in [3.05, 3.63) is 58.7 Å². The number of carbonyl (C=O) groups excluding carboxylic acids is 3. The van der Waals surface area contributed by atoms with Gasteiger partial charge in [0.2, 0.25) is 0 Å². The monoisotopic (exact) mass is 611 g/mol. The van der Waals surface area contributed by atoms with Crippen LogP contribution in [0.5, 0.6) is 0 Å². The quantitative estimate of drug-likeness (QED) is 0.114. The number of nitrogens with one attached hydrogen (secondary N) is 1. The molecule has 0 bridgehead atoms. The average molecular weight is 612 g/mol. The second-order valence-corrected chi connectivity index (χ2v) is 11.0. The summed E-state index contributed by atoms with van der Waals surface area (Å²) in [4.78, 5) is 38.0. The van der Waals surface area contributed by atoms with Crippen molar-refractivity contribution in [3.8, 4) is 11.1 Å². The Morgan fingerprint density at radius 1 is 0.727 bits per heavy atom. The van der Waals surface area contributed by atoms with E-state index in [1.807, 2.05) is 43.3 Å². The number of ether oxygens (including phenoxy) is 4. The van der Waals surface area contributed by atoms with Crippen LogP contribution in [0.1, 0.15) is 102 Å². The third kappa shape index (κ3) is 11.1. The van der Waals surface area contributed by atoms with E-state index in [4.69, 9.17) is 24.1 Å². The number of amides is 1. The summed E-state index contributed by atoms with van der Waals surface area (Å²) < 4.78 is 21.5. The van der Waals surface area contributed by atoms with Crippen LogP contribution in [0.3, 0.4) is 0 Å².